The molecule has 0 bridgehead atoms. The van der Waals surface area contributed by atoms with Crippen LogP contribution in [0.25, 0.3) is 11.1 Å². The first kappa shape index (κ1) is 14.6. The third-order valence-electron chi connectivity index (χ3n) is 3.98. The van der Waals surface area contributed by atoms with Crippen molar-refractivity contribution in [3.8, 4) is 11.1 Å². The molecule has 2 heteroatoms. The summed E-state index contributed by atoms with van der Waals surface area (Å²) in [6.45, 7) is 3.13. The van der Waals surface area contributed by atoms with Gasteiger partial charge in [-0.15, -0.1) is 0 Å². The highest BCUT2D eigenvalue weighted by Gasteiger charge is 2.20. The molecule has 0 saturated heterocycles. The molecule has 1 fully saturated rings. The van der Waals surface area contributed by atoms with Gasteiger partial charge in [-0.1, -0.05) is 61.3 Å². The van der Waals surface area contributed by atoms with Gasteiger partial charge >= 0.3 is 0 Å². The van der Waals surface area contributed by atoms with Crippen LogP contribution in [-0.4, -0.2) is 6.04 Å². The maximum absolute atomic E-state index is 6.50. The Hall–Kier alpha value is -1.31. The smallest absolute Gasteiger partial charge is 0.0487 e. The second kappa shape index (κ2) is 6.64. The average Bonchev–Trinajstić information content (AvgIpc) is 3.30. The molecule has 1 saturated carbocycles. The van der Waals surface area contributed by atoms with Gasteiger partial charge in [0.05, 0.1) is 0 Å². The molecule has 2 aromatic carbocycles. The van der Waals surface area contributed by atoms with E-state index >= 15 is 0 Å². The normalized spacial score (nSPS) is 14.4. The quantitative estimate of drug-likeness (QED) is 0.772. The van der Waals surface area contributed by atoms with Gasteiger partial charge < -0.3 is 5.32 Å². The summed E-state index contributed by atoms with van der Waals surface area (Å²) in [7, 11) is 0. The van der Waals surface area contributed by atoms with E-state index < -0.39 is 0 Å². The van der Waals surface area contributed by atoms with E-state index in [2.05, 4.69) is 54.7 Å². The maximum Gasteiger partial charge on any atom is 0.0487 e. The average molecular weight is 300 g/mol. The monoisotopic (exact) mass is 299 g/mol. The van der Waals surface area contributed by atoms with Gasteiger partial charge in [0.2, 0.25) is 0 Å². The summed E-state index contributed by atoms with van der Waals surface area (Å²) in [5.41, 5.74) is 4.99. The lowest BCUT2D eigenvalue weighted by Gasteiger charge is -2.10. The molecule has 0 spiro atoms. The zero-order chi connectivity index (χ0) is 14.7. The topological polar surface area (TPSA) is 12.0 Å². The molecule has 1 nitrogen and oxygen atoms in total. The molecule has 3 rings (SSSR count). The lowest BCUT2D eigenvalue weighted by atomic mass is 10.00. The first-order chi connectivity index (χ1) is 10.3. The van der Waals surface area contributed by atoms with Crippen molar-refractivity contribution < 1.29 is 0 Å². The van der Waals surface area contributed by atoms with Gasteiger partial charge in [-0.2, -0.15) is 0 Å². The molecule has 21 heavy (non-hydrogen) atoms. The molecule has 0 aromatic heterocycles. The fourth-order valence-electron chi connectivity index (χ4n) is 2.64. The van der Waals surface area contributed by atoms with Crippen molar-refractivity contribution in [2.45, 2.75) is 45.2 Å². The predicted octanol–water partition coefficient (Wildman–Crippen LogP) is 5.21. The predicted molar refractivity (Wildman–Crippen MR) is 90.7 cm³/mol. The van der Waals surface area contributed by atoms with Crippen LogP contribution in [0.4, 0.5) is 0 Å². The summed E-state index contributed by atoms with van der Waals surface area (Å²) in [6.07, 6.45) is 4.92. The Morgan fingerprint density at radius 2 is 1.95 bits per heavy atom. The van der Waals surface area contributed by atoms with E-state index in [0.717, 1.165) is 29.6 Å². The number of benzene rings is 2. The Bertz CT molecular complexity index is 617. The summed E-state index contributed by atoms with van der Waals surface area (Å²) in [4.78, 5) is 0. The van der Waals surface area contributed by atoms with Crippen molar-refractivity contribution in [2.24, 2.45) is 0 Å². The van der Waals surface area contributed by atoms with Crippen molar-refractivity contribution in [1.29, 1.82) is 0 Å². The molecule has 0 amide bonds. The van der Waals surface area contributed by atoms with Crippen molar-refractivity contribution in [1.82, 2.24) is 5.32 Å². The zero-order valence-corrected chi connectivity index (χ0v) is 13.3. The standard InChI is InChI=1S/C19H22ClN/c1-2-4-14-5-3-6-16(11-14)18-10-7-15(12-19(18)20)13-21-17-8-9-17/h3,5-7,10-12,17,21H,2,4,8-9,13H2,1H3. The number of halogens is 1. The molecule has 1 aliphatic carbocycles. The second-order valence-corrected chi connectivity index (χ2v) is 6.33. The Kier molecular flexibility index (Phi) is 4.62. The summed E-state index contributed by atoms with van der Waals surface area (Å²) in [6, 6.07) is 15.9. The Labute approximate surface area is 132 Å². The van der Waals surface area contributed by atoms with Crippen LogP contribution < -0.4 is 5.32 Å². The second-order valence-electron chi connectivity index (χ2n) is 5.92. The summed E-state index contributed by atoms with van der Waals surface area (Å²) >= 11 is 6.50. The van der Waals surface area contributed by atoms with Crippen LogP contribution in [0.3, 0.4) is 0 Å². The van der Waals surface area contributed by atoms with Crippen molar-refractivity contribution in [3.05, 3.63) is 58.6 Å². The van der Waals surface area contributed by atoms with Gasteiger partial charge in [-0.05, 0) is 42.0 Å². The Morgan fingerprint density at radius 1 is 1.10 bits per heavy atom. The summed E-state index contributed by atoms with van der Waals surface area (Å²) in [5, 5.41) is 4.37. The molecule has 0 unspecified atom stereocenters. The largest absolute Gasteiger partial charge is 0.310 e. The summed E-state index contributed by atoms with van der Waals surface area (Å²) < 4.78 is 0. The minimum atomic E-state index is 0.731. The van der Waals surface area contributed by atoms with Gasteiger partial charge in [0.25, 0.3) is 0 Å². The van der Waals surface area contributed by atoms with Crippen LogP contribution in [0, 0.1) is 0 Å². The van der Waals surface area contributed by atoms with E-state index in [9.17, 15) is 0 Å². The molecule has 1 N–H and O–H groups in total. The molecular weight excluding hydrogens is 278 g/mol. The van der Waals surface area contributed by atoms with Crippen LogP contribution in [0.5, 0.6) is 0 Å². The SMILES string of the molecule is CCCc1cccc(-c2ccc(CNC3CC3)cc2Cl)c1. The van der Waals surface area contributed by atoms with Gasteiger partial charge in [0, 0.05) is 23.2 Å². The van der Waals surface area contributed by atoms with Crippen LogP contribution in [0.1, 0.15) is 37.3 Å². The highest BCUT2D eigenvalue weighted by Crippen LogP contribution is 2.30. The molecule has 0 aliphatic heterocycles. The number of hydrogen-bond acceptors (Lipinski definition) is 1. The van der Waals surface area contributed by atoms with Crippen molar-refractivity contribution in [3.63, 3.8) is 0 Å². The van der Waals surface area contributed by atoms with Crippen LogP contribution in [0.15, 0.2) is 42.5 Å². The Morgan fingerprint density at radius 3 is 2.67 bits per heavy atom. The minimum Gasteiger partial charge on any atom is -0.310 e. The molecular formula is C19H22ClN. The minimum absolute atomic E-state index is 0.731. The molecule has 0 heterocycles. The summed E-state index contributed by atoms with van der Waals surface area (Å²) in [5.74, 6) is 0. The van der Waals surface area contributed by atoms with Gasteiger partial charge in [-0.3, -0.25) is 0 Å². The van der Waals surface area contributed by atoms with E-state index in [4.69, 9.17) is 11.6 Å². The number of nitrogens with one attached hydrogen (secondary N) is 1. The molecule has 2 aromatic rings. The third-order valence-corrected chi connectivity index (χ3v) is 4.30. The fraction of sp³-hybridized carbons (Fsp3) is 0.368. The first-order valence-electron chi connectivity index (χ1n) is 7.87. The van der Waals surface area contributed by atoms with Gasteiger partial charge in [0.1, 0.15) is 0 Å². The van der Waals surface area contributed by atoms with E-state index in [-0.39, 0.29) is 0 Å². The lowest BCUT2D eigenvalue weighted by molar-refractivity contribution is 0.688. The number of aryl methyl sites for hydroxylation is 1. The molecule has 0 atom stereocenters. The number of hydrogen-bond donors (Lipinski definition) is 1. The van der Waals surface area contributed by atoms with Crippen molar-refractivity contribution >= 4 is 11.6 Å². The van der Waals surface area contributed by atoms with E-state index in [1.807, 2.05) is 0 Å². The fourth-order valence-corrected chi connectivity index (χ4v) is 2.95. The molecule has 0 radical (unpaired) electrons. The molecule has 1 aliphatic rings. The molecule has 110 valence electrons. The van der Waals surface area contributed by atoms with E-state index in [1.54, 1.807) is 0 Å². The van der Waals surface area contributed by atoms with Gasteiger partial charge in [-0.25, -0.2) is 0 Å². The van der Waals surface area contributed by atoms with E-state index in [1.165, 1.54) is 36.0 Å². The van der Waals surface area contributed by atoms with E-state index in [0.29, 0.717) is 0 Å². The highest BCUT2D eigenvalue weighted by molar-refractivity contribution is 6.33. The van der Waals surface area contributed by atoms with Gasteiger partial charge in [0.15, 0.2) is 0 Å². The lowest BCUT2D eigenvalue weighted by Crippen LogP contribution is -2.15. The Balaban J connectivity index is 1.79. The van der Waals surface area contributed by atoms with Crippen molar-refractivity contribution in [2.75, 3.05) is 0 Å². The first-order valence-corrected chi connectivity index (χ1v) is 8.25. The third kappa shape index (κ3) is 3.87. The van der Waals surface area contributed by atoms with Crippen LogP contribution in [-0.2, 0) is 13.0 Å². The maximum atomic E-state index is 6.50. The zero-order valence-electron chi connectivity index (χ0n) is 12.5. The number of rotatable bonds is 6. The van der Waals surface area contributed by atoms with Crippen LogP contribution >= 0.6 is 11.6 Å². The highest BCUT2D eigenvalue weighted by atomic mass is 35.5. The van der Waals surface area contributed by atoms with Crippen LogP contribution in [0.2, 0.25) is 5.02 Å².